The lowest BCUT2D eigenvalue weighted by atomic mass is 10.2. The molecule has 0 aliphatic rings. The summed E-state index contributed by atoms with van der Waals surface area (Å²) in [5.41, 5.74) is 7.42. The number of aliphatic hydroxyl groups is 1. The summed E-state index contributed by atoms with van der Waals surface area (Å²) >= 11 is 0. The summed E-state index contributed by atoms with van der Waals surface area (Å²) < 4.78 is 0. The minimum absolute atomic E-state index is 0.113. The SMILES string of the molecule is CC(CO)N(C)c1cccc(N)c1. The Morgan fingerprint density at radius 2 is 2.23 bits per heavy atom. The highest BCUT2D eigenvalue weighted by Crippen LogP contribution is 2.17. The molecule has 0 radical (unpaired) electrons. The van der Waals surface area contributed by atoms with Crippen LogP contribution in [0.15, 0.2) is 24.3 Å². The van der Waals surface area contributed by atoms with Crippen molar-refractivity contribution < 1.29 is 5.11 Å². The zero-order valence-electron chi connectivity index (χ0n) is 8.07. The molecule has 0 aromatic heterocycles. The number of nitrogens with two attached hydrogens (primary N) is 1. The first-order valence-corrected chi connectivity index (χ1v) is 4.34. The summed E-state index contributed by atoms with van der Waals surface area (Å²) in [5.74, 6) is 0. The van der Waals surface area contributed by atoms with Gasteiger partial charge in [-0.15, -0.1) is 0 Å². The van der Waals surface area contributed by atoms with Gasteiger partial charge in [0.15, 0.2) is 0 Å². The van der Waals surface area contributed by atoms with Gasteiger partial charge in [-0.3, -0.25) is 0 Å². The van der Waals surface area contributed by atoms with Gasteiger partial charge in [0, 0.05) is 24.5 Å². The molecule has 0 fully saturated rings. The van der Waals surface area contributed by atoms with Gasteiger partial charge < -0.3 is 15.7 Å². The van der Waals surface area contributed by atoms with E-state index in [-0.39, 0.29) is 12.6 Å². The van der Waals surface area contributed by atoms with Crippen molar-refractivity contribution in [3.05, 3.63) is 24.3 Å². The van der Waals surface area contributed by atoms with Crippen molar-refractivity contribution in [3.8, 4) is 0 Å². The topological polar surface area (TPSA) is 49.5 Å². The third-order valence-electron chi connectivity index (χ3n) is 2.20. The van der Waals surface area contributed by atoms with Crippen LogP contribution in [0.2, 0.25) is 0 Å². The van der Waals surface area contributed by atoms with Crippen molar-refractivity contribution >= 4 is 11.4 Å². The molecule has 0 bridgehead atoms. The van der Waals surface area contributed by atoms with E-state index < -0.39 is 0 Å². The molecule has 0 aliphatic heterocycles. The molecule has 3 nitrogen and oxygen atoms in total. The van der Waals surface area contributed by atoms with Gasteiger partial charge in [0.25, 0.3) is 0 Å². The van der Waals surface area contributed by atoms with Crippen LogP contribution in [0.3, 0.4) is 0 Å². The Balaban J connectivity index is 2.82. The van der Waals surface area contributed by atoms with Crippen LogP contribution in [0.4, 0.5) is 11.4 Å². The van der Waals surface area contributed by atoms with Gasteiger partial charge in [-0.2, -0.15) is 0 Å². The molecule has 0 spiro atoms. The Hall–Kier alpha value is -1.22. The van der Waals surface area contributed by atoms with Crippen molar-refractivity contribution in [2.75, 3.05) is 24.3 Å². The molecule has 1 atom stereocenters. The molecular weight excluding hydrogens is 164 g/mol. The van der Waals surface area contributed by atoms with E-state index in [2.05, 4.69) is 0 Å². The van der Waals surface area contributed by atoms with Crippen LogP contribution >= 0.6 is 0 Å². The first kappa shape index (κ1) is 9.86. The number of nitrogens with zero attached hydrogens (tertiary/aromatic N) is 1. The minimum atomic E-state index is 0.113. The molecular formula is C10H16N2O. The molecule has 1 rings (SSSR count). The number of benzene rings is 1. The molecule has 0 saturated carbocycles. The van der Waals surface area contributed by atoms with Gasteiger partial charge in [0.05, 0.1) is 6.61 Å². The number of hydrogen-bond acceptors (Lipinski definition) is 3. The number of hydrogen-bond donors (Lipinski definition) is 2. The fraction of sp³-hybridized carbons (Fsp3) is 0.400. The van der Waals surface area contributed by atoms with Gasteiger partial charge >= 0.3 is 0 Å². The first-order valence-electron chi connectivity index (χ1n) is 4.34. The monoisotopic (exact) mass is 180 g/mol. The predicted molar refractivity (Wildman–Crippen MR) is 55.8 cm³/mol. The zero-order chi connectivity index (χ0) is 9.84. The van der Waals surface area contributed by atoms with E-state index in [0.717, 1.165) is 11.4 Å². The molecule has 0 heterocycles. The van der Waals surface area contributed by atoms with Gasteiger partial charge in [0.1, 0.15) is 0 Å². The second-order valence-corrected chi connectivity index (χ2v) is 3.24. The van der Waals surface area contributed by atoms with E-state index >= 15 is 0 Å². The summed E-state index contributed by atoms with van der Waals surface area (Å²) in [6, 6.07) is 7.74. The normalized spacial score (nSPS) is 12.5. The standard InChI is InChI=1S/C10H16N2O/c1-8(7-13)12(2)10-5-3-4-9(11)6-10/h3-6,8,13H,7,11H2,1-2H3. The van der Waals surface area contributed by atoms with Crippen LogP contribution < -0.4 is 10.6 Å². The summed E-state index contributed by atoms with van der Waals surface area (Å²) in [5, 5.41) is 8.96. The lowest BCUT2D eigenvalue weighted by Crippen LogP contribution is -2.31. The summed E-state index contributed by atoms with van der Waals surface area (Å²) in [6.45, 7) is 2.11. The molecule has 3 N–H and O–H groups in total. The smallest absolute Gasteiger partial charge is 0.0632 e. The van der Waals surface area contributed by atoms with Gasteiger partial charge in [-0.25, -0.2) is 0 Å². The lowest BCUT2D eigenvalue weighted by Gasteiger charge is -2.25. The Labute approximate surface area is 78.8 Å². The van der Waals surface area contributed by atoms with E-state index in [1.54, 1.807) is 0 Å². The Kier molecular flexibility index (Phi) is 3.14. The number of rotatable bonds is 3. The minimum Gasteiger partial charge on any atom is -0.399 e. The largest absolute Gasteiger partial charge is 0.399 e. The maximum atomic E-state index is 8.96. The van der Waals surface area contributed by atoms with Crippen molar-refractivity contribution in [2.24, 2.45) is 0 Å². The molecule has 0 saturated heterocycles. The highest BCUT2D eigenvalue weighted by atomic mass is 16.3. The van der Waals surface area contributed by atoms with Crippen molar-refractivity contribution in [3.63, 3.8) is 0 Å². The molecule has 0 amide bonds. The van der Waals surface area contributed by atoms with E-state index in [1.165, 1.54) is 0 Å². The fourth-order valence-electron chi connectivity index (χ4n) is 1.12. The number of aliphatic hydroxyl groups excluding tert-OH is 1. The first-order chi connectivity index (χ1) is 6.15. The second-order valence-electron chi connectivity index (χ2n) is 3.24. The Bertz CT molecular complexity index is 275. The van der Waals surface area contributed by atoms with Crippen LogP contribution in [-0.2, 0) is 0 Å². The van der Waals surface area contributed by atoms with Crippen molar-refractivity contribution in [1.82, 2.24) is 0 Å². The lowest BCUT2D eigenvalue weighted by molar-refractivity contribution is 0.270. The number of anilines is 2. The van der Waals surface area contributed by atoms with Crippen LogP contribution in [0, 0.1) is 0 Å². The molecule has 1 aromatic rings. The van der Waals surface area contributed by atoms with E-state index in [1.807, 2.05) is 43.1 Å². The average molecular weight is 180 g/mol. The predicted octanol–water partition coefficient (Wildman–Crippen LogP) is 1.09. The van der Waals surface area contributed by atoms with E-state index in [4.69, 9.17) is 10.8 Å². The van der Waals surface area contributed by atoms with Gasteiger partial charge in [0.2, 0.25) is 0 Å². The fourth-order valence-corrected chi connectivity index (χ4v) is 1.12. The third-order valence-corrected chi connectivity index (χ3v) is 2.20. The number of likely N-dealkylation sites (N-methyl/N-ethyl adjacent to an activating group) is 1. The van der Waals surface area contributed by atoms with Crippen LogP contribution in [0.5, 0.6) is 0 Å². The van der Waals surface area contributed by atoms with Crippen molar-refractivity contribution in [1.29, 1.82) is 0 Å². The quantitative estimate of drug-likeness (QED) is 0.684. The summed E-state index contributed by atoms with van der Waals surface area (Å²) in [7, 11) is 1.94. The molecule has 3 heteroatoms. The molecule has 13 heavy (non-hydrogen) atoms. The average Bonchev–Trinajstić information content (AvgIpc) is 2.15. The highest BCUT2D eigenvalue weighted by molar-refractivity contribution is 5.55. The maximum absolute atomic E-state index is 8.96. The van der Waals surface area contributed by atoms with Crippen LogP contribution in [-0.4, -0.2) is 24.8 Å². The Morgan fingerprint density at radius 3 is 2.77 bits per heavy atom. The molecule has 0 aliphatic carbocycles. The molecule has 1 unspecified atom stereocenters. The zero-order valence-corrected chi connectivity index (χ0v) is 8.07. The maximum Gasteiger partial charge on any atom is 0.0632 e. The van der Waals surface area contributed by atoms with Crippen molar-refractivity contribution in [2.45, 2.75) is 13.0 Å². The van der Waals surface area contributed by atoms with Gasteiger partial charge in [-0.05, 0) is 25.1 Å². The molecule has 72 valence electrons. The van der Waals surface area contributed by atoms with E-state index in [9.17, 15) is 0 Å². The van der Waals surface area contributed by atoms with Crippen LogP contribution in [0.1, 0.15) is 6.92 Å². The summed E-state index contributed by atoms with van der Waals surface area (Å²) in [6.07, 6.45) is 0. The highest BCUT2D eigenvalue weighted by Gasteiger charge is 2.07. The Morgan fingerprint density at radius 1 is 1.54 bits per heavy atom. The molecule has 1 aromatic carbocycles. The van der Waals surface area contributed by atoms with Crippen LogP contribution in [0.25, 0.3) is 0 Å². The van der Waals surface area contributed by atoms with Gasteiger partial charge in [-0.1, -0.05) is 6.07 Å². The number of nitrogen functional groups attached to an aromatic ring is 1. The second kappa shape index (κ2) is 4.14. The van der Waals surface area contributed by atoms with E-state index in [0.29, 0.717) is 0 Å². The summed E-state index contributed by atoms with van der Waals surface area (Å²) in [4.78, 5) is 2.00. The third kappa shape index (κ3) is 2.36.